The minimum Gasteiger partial charge on any atom is -0.491 e. The van der Waals surface area contributed by atoms with Gasteiger partial charge in [0.15, 0.2) is 6.61 Å². The Morgan fingerprint density at radius 3 is 2.86 bits per heavy atom. The summed E-state index contributed by atoms with van der Waals surface area (Å²) in [6.45, 7) is 6.70. The SMILES string of the molecule is C=C(CCNC(=O)CO/C=C/C=C(/Cl)C(=C)F)NC(=O)c1cc(C#N)ccn1. The van der Waals surface area contributed by atoms with Crippen molar-refractivity contribution in [3.8, 4) is 6.07 Å². The molecule has 0 aliphatic rings. The second-order valence-corrected chi connectivity index (χ2v) is 5.67. The quantitative estimate of drug-likeness (QED) is 0.461. The fourth-order valence-corrected chi connectivity index (χ4v) is 1.78. The lowest BCUT2D eigenvalue weighted by Gasteiger charge is -2.09. The average Bonchev–Trinajstić information content (AvgIpc) is 2.67. The van der Waals surface area contributed by atoms with Crippen molar-refractivity contribution < 1.29 is 18.7 Å². The number of nitrogens with zero attached hydrogens (tertiary/aromatic N) is 2. The molecular formula is C19H18ClFN4O3. The first kappa shape index (κ1) is 22.6. The molecule has 2 N–H and O–H groups in total. The monoisotopic (exact) mass is 404 g/mol. The van der Waals surface area contributed by atoms with Gasteiger partial charge in [-0.05, 0) is 24.3 Å². The Labute approximate surface area is 166 Å². The predicted octanol–water partition coefficient (Wildman–Crippen LogP) is 2.84. The van der Waals surface area contributed by atoms with Crippen molar-refractivity contribution in [2.24, 2.45) is 0 Å². The number of hydrogen-bond acceptors (Lipinski definition) is 5. The third kappa shape index (κ3) is 8.78. The molecule has 0 spiro atoms. The van der Waals surface area contributed by atoms with Crippen molar-refractivity contribution in [2.45, 2.75) is 6.42 Å². The molecule has 1 rings (SSSR count). The molecule has 1 heterocycles. The summed E-state index contributed by atoms with van der Waals surface area (Å²) in [4.78, 5) is 27.5. The minimum absolute atomic E-state index is 0.0925. The number of carbonyl (C=O) groups is 2. The number of halogens is 2. The lowest BCUT2D eigenvalue weighted by molar-refractivity contribution is -0.123. The van der Waals surface area contributed by atoms with E-state index in [1.165, 1.54) is 36.7 Å². The molecule has 1 aromatic heterocycles. The molecule has 0 saturated carbocycles. The van der Waals surface area contributed by atoms with E-state index >= 15 is 0 Å². The van der Waals surface area contributed by atoms with Crippen LogP contribution in [0.15, 0.2) is 66.5 Å². The van der Waals surface area contributed by atoms with E-state index in [0.29, 0.717) is 17.7 Å². The number of pyridine rings is 1. The molecule has 0 atom stereocenters. The van der Waals surface area contributed by atoms with Gasteiger partial charge in [-0.2, -0.15) is 5.26 Å². The van der Waals surface area contributed by atoms with Gasteiger partial charge in [0.2, 0.25) is 0 Å². The molecule has 9 heteroatoms. The predicted molar refractivity (Wildman–Crippen MR) is 102 cm³/mol. The summed E-state index contributed by atoms with van der Waals surface area (Å²) in [7, 11) is 0. The maximum atomic E-state index is 12.6. The van der Waals surface area contributed by atoms with Crippen molar-refractivity contribution >= 4 is 23.4 Å². The number of aromatic nitrogens is 1. The Hall–Kier alpha value is -3.44. The highest BCUT2D eigenvalue weighted by Gasteiger charge is 2.09. The van der Waals surface area contributed by atoms with Crippen LogP contribution < -0.4 is 10.6 Å². The molecule has 7 nitrogen and oxygen atoms in total. The molecule has 0 aliphatic carbocycles. The standard InChI is InChI=1S/C19H18ClFN4O3/c1-13(25-19(27)17-10-15(11-22)6-8-23-17)5-7-24-18(26)12-28-9-3-4-16(20)14(2)21/h3-4,6,8-10H,1-2,5,7,12H2,(H,24,26)(H,25,27)/b9-3+,16-4+. The first-order valence-corrected chi connectivity index (χ1v) is 8.32. The summed E-state index contributed by atoms with van der Waals surface area (Å²) in [5.41, 5.74) is 0.788. The summed E-state index contributed by atoms with van der Waals surface area (Å²) in [6.07, 6.45) is 5.40. The topological polar surface area (TPSA) is 104 Å². The summed E-state index contributed by atoms with van der Waals surface area (Å²) >= 11 is 5.49. The van der Waals surface area contributed by atoms with Crippen LogP contribution in [0.5, 0.6) is 0 Å². The van der Waals surface area contributed by atoms with E-state index in [1.807, 2.05) is 6.07 Å². The van der Waals surface area contributed by atoms with Gasteiger partial charge in [-0.15, -0.1) is 0 Å². The average molecular weight is 405 g/mol. The first-order valence-electron chi connectivity index (χ1n) is 7.94. The Balaban J connectivity index is 2.28. The second kappa shape index (κ2) is 12.0. The van der Waals surface area contributed by atoms with Gasteiger partial charge in [0.1, 0.15) is 11.5 Å². The highest BCUT2D eigenvalue weighted by atomic mass is 35.5. The molecule has 0 aromatic carbocycles. The van der Waals surface area contributed by atoms with Crippen LogP contribution >= 0.6 is 11.6 Å². The van der Waals surface area contributed by atoms with Gasteiger partial charge in [-0.3, -0.25) is 14.6 Å². The van der Waals surface area contributed by atoms with Crippen LogP contribution in [0.1, 0.15) is 22.5 Å². The summed E-state index contributed by atoms with van der Waals surface area (Å²) in [5.74, 6) is -1.66. The molecule has 28 heavy (non-hydrogen) atoms. The van der Waals surface area contributed by atoms with E-state index in [2.05, 4.69) is 28.8 Å². The largest absolute Gasteiger partial charge is 0.491 e. The number of rotatable bonds is 10. The Morgan fingerprint density at radius 2 is 2.18 bits per heavy atom. The zero-order valence-electron chi connectivity index (χ0n) is 14.9. The number of nitriles is 1. The maximum Gasteiger partial charge on any atom is 0.274 e. The molecule has 146 valence electrons. The third-order valence-corrected chi connectivity index (χ3v) is 3.38. The van der Waals surface area contributed by atoms with Crippen molar-refractivity contribution in [3.63, 3.8) is 0 Å². The smallest absolute Gasteiger partial charge is 0.274 e. The lowest BCUT2D eigenvalue weighted by atomic mass is 10.2. The normalized spacial score (nSPS) is 10.8. The van der Waals surface area contributed by atoms with E-state index in [0.717, 1.165) is 0 Å². The van der Waals surface area contributed by atoms with E-state index < -0.39 is 17.6 Å². The number of carbonyl (C=O) groups excluding carboxylic acids is 2. The van der Waals surface area contributed by atoms with Gasteiger partial charge < -0.3 is 15.4 Å². The summed E-state index contributed by atoms with van der Waals surface area (Å²) in [6, 6.07) is 4.77. The fraction of sp³-hybridized carbons (Fsp3) is 0.158. The first-order chi connectivity index (χ1) is 13.3. The number of amides is 2. The van der Waals surface area contributed by atoms with Gasteiger partial charge in [0.05, 0.1) is 22.9 Å². The highest BCUT2D eigenvalue weighted by molar-refractivity contribution is 6.31. The van der Waals surface area contributed by atoms with Crippen LogP contribution in [0.25, 0.3) is 0 Å². The van der Waals surface area contributed by atoms with Gasteiger partial charge in [-0.25, -0.2) is 4.39 Å². The summed E-state index contributed by atoms with van der Waals surface area (Å²) < 4.78 is 17.5. The summed E-state index contributed by atoms with van der Waals surface area (Å²) in [5, 5.41) is 13.8. The van der Waals surface area contributed by atoms with Crippen LogP contribution in [0.3, 0.4) is 0 Å². The van der Waals surface area contributed by atoms with E-state index in [4.69, 9.17) is 21.6 Å². The number of nitrogens with one attached hydrogen (secondary N) is 2. The Kier molecular flexibility index (Phi) is 9.72. The second-order valence-electron chi connectivity index (χ2n) is 5.26. The number of ether oxygens (including phenoxy) is 1. The Bertz CT molecular complexity index is 859. The lowest BCUT2D eigenvalue weighted by Crippen LogP contribution is -2.30. The van der Waals surface area contributed by atoms with Gasteiger partial charge in [-0.1, -0.05) is 24.8 Å². The maximum absolute atomic E-state index is 12.6. The molecule has 1 aromatic rings. The van der Waals surface area contributed by atoms with E-state index in [9.17, 15) is 14.0 Å². The van der Waals surface area contributed by atoms with Crippen molar-refractivity contribution in [1.29, 1.82) is 5.26 Å². The molecule has 0 unspecified atom stereocenters. The number of hydrogen-bond donors (Lipinski definition) is 2. The molecule has 0 aliphatic heterocycles. The van der Waals surface area contributed by atoms with Crippen LogP contribution in [0, 0.1) is 11.3 Å². The van der Waals surface area contributed by atoms with Crippen LogP contribution in [0.4, 0.5) is 4.39 Å². The van der Waals surface area contributed by atoms with Gasteiger partial charge in [0.25, 0.3) is 11.8 Å². The number of allylic oxidation sites excluding steroid dienone is 4. The highest BCUT2D eigenvalue weighted by Crippen LogP contribution is 2.13. The van der Waals surface area contributed by atoms with Gasteiger partial charge in [0, 0.05) is 24.9 Å². The fourth-order valence-electron chi connectivity index (χ4n) is 1.71. The molecule has 0 fully saturated rings. The minimum atomic E-state index is -0.773. The van der Waals surface area contributed by atoms with Crippen LogP contribution in [0.2, 0.25) is 0 Å². The molecule has 0 radical (unpaired) electrons. The van der Waals surface area contributed by atoms with Crippen molar-refractivity contribution in [2.75, 3.05) is 13.2 Å². The van der Waals surface area contributed by atoms with E-state index in [-0.39, 0.29) is 23.9 Å². The molecule has 0 bridgehead atoms. The third-order valence-electron chi connectivity index (χ3n) is 3.05. The van der Waals surface area contributed by atoms with Crippen molar-refractivity contribution in [1.82, 2.24) is 15.6 Å². The zero-order valence-corrected chi connectivity index (χ0v) is 15.6. The van der Waals surface area contributed by atoms with Crippen LogP contribution in [-0.2, 0) is 9.53 Å². The zero-order chi connectivity index (χ0) is 20.9. The van der Waals surface area contributed by atoms with Gasteiger partial charge >= 0.3 is 0 Å². The molecule has 0 saturated heterocycles. The molecular weight excluding hydrogens is 387 g/mol. The van der Waals surface area contributed by atoms with Crippen LogP contribution in [-0.4, -0.2) is 29.9 Å². The van der Waals surface area contributed by atoms with E-state index in [1.54, 1.807) is 0 Å². The molecule has 2 amide bonds. The van der Waals surface area contributed by atoms with Crippen molar-refractivity contribution in [3.05, 3.63) is 77.7 Å². The Morgan fingerprint density at radius 1 is 1.43 bits per heavy atom.